The summed E-state index contributed by atoms with van der Waals surface area (Å²) in [7, 11) is 1.47. The van der Waals surface area contributed by atoms with E-state index in [0.717, 1.165) is 29.8 Å². The van der Waals surface area contributed by atoms with Crippen LogP contribution in [0.25, 0.3) is 0 Å². The Morgan fingerprint density at radius 3 is 2.71 bits per heavy atom. The van der Waals surface area contributed by atoms with Crippen molar-refractivity contribution < 1.29 is 14.6 Å². The summed E-state index contributed by atoms with van der Waals surface area (Å²) in [6.45, 7) is 6.85. The fraction of sp³-hybridized carbons (Fsp3) is 0.476. The smallest absolute Gasteiger partial charge is 0.256 e. The zero-order valence-corrected chi connectivity index (χ0v) is 18.1. The molecule has 1 amide bonds. The number of methoxy groups -OCH3 is 1. The Hall–Kier alpha value is -1.92. The van der Waals surface area contributed by atoms with Gasteiger partial charge in [-0.25, -0.2) is 0 Å². The largest absolute Gasteiger partial charge is 0.504 e. The highest BCUT2D eigenvalue weighted by atomic mass is 35.5. The highest BCUT2D eigenvalue weighted by Gasteiger charge is 2.37. The molecular weight excluding hydrogens is 396 g/mol. The second-order valence-electron chi connectivity index (χ2n) is 8.61. The number of nitrogens with one attached hydrogen (secondary N) is 2. The van der Waals surface area contributed by atoms with Gasteiger partial charge in [0.1, 0.15) is 11.2 Å². The molecule has 2 aromatic rings. The van der Waals surface area contributed by atoms with Crippen LogP contribution >= 0.6 is 22.9 Å². The molecule has 2 heterocycles. The maximum absolute atomic E-state index is 12.9. The van der Waals surface area contributed by atoms with Crippen molar-refractivity contribution >= 4 is 33.8 Å². The van der Waals surface area contributed by atoms with E-state index in [9.17, 15) is 9.90 Å². The highest BCUT2D eigenvalue weighted by Crippen LogP contribution is 2.47. The van der Waals surface area contributed by atoms with Gasteiger partial charge >= 0.3 is 0 Å². The number of rotatable bonds is 2. The first-order chi connectivity index (χ1) is 13.2. The number of fused-ring (bicyclic) bond motifs is 3. The molecular formula is C21H25ClN2O3S. The van der Waals surface area contributed by atoms with Crippen molar-refractivity contribution in [1.29, 1.82) is 0 Å². The van der Waals surface area contributed by atoms with Gasteiger partial charge in [0, 0.05) is 21.5 Å². The van der Waals surface area contributed by atoms with Gasteiger partial charge in [0.25, 0.3) is 5.91 Å². The molecule has 1 aliphatic carbocycles. The third kappa shape index (κ3) is 3.22. The van der Waals surface area contributed by atoms with Crippen LogP contribution in [0.1, 0.15) is 59.7 Å². The van der Waals surface area contributed by atoms with Crippen molar-refractivity contribution in [3.05, 3.63) is 38.7 Å². The van der Waals surface area contributed by atoms with Gasteiger partial charge in [0.15, 0.2) is 11.5 Å². The number of carbonyl (C=O) groups excluding carboxylic acids is 1. The molecule has 2 aliphatic rings. The minimum absolute atomic E-state index is 0.0257. The molecule has 0 bridgehead atoms. The van der Waals surface area contributed by atoms with Crippen molar-refractivity contribution in [2.24, 2.45) is 11.3 Å². The number of halogens is 1. The number of anilines is 1. The lowest BCUT2D eigenvalue weighted by Crippen LogP contribution is -2.38. The van der Waals surface area contributed by atoms with Gasteiger partial charge in [-0.15, -0.1) is 11.3 Å². The fourth-order valence-corrected chi connectivity index (χ4v) is 5.73. The normalized spacial score (nSPS) is 21.4. The quantitative estimate of drug-likeness (QED) is 0.630. The predicted octanol–water partition coefficient (Wildman–Crippen LogP) is 5.12. The summed E-state index contributed by atoms with van der Waals surface area (Å²) >= 11 is 7.83. The molecule has 1 aliphatic heterocycles. The van der Waals surface area contributed by atoms with E-state index in [1.807, 2.05) is 0 Å². The molecule has 2 atom stereocenters. The number of thiophene rings is 1. The van der Waals surface area contributed by atoms with Crippen molar-refractivity contribution in [3.63, 3.8) is 0 Å². The van der Waals surface area contributed by atoms with Gasteiger partial charge in [-0.2, -0.15) is 0 Å². The van der Waals surface area contributed by atoms with E-state index >= 15 is 0 Å². The molecule has 0 radical (unpaired) electrons. The van der Waals surface area contributed by atoms with Crippen LogP contribution in [0.3, 0.4) is 0 Å². The fourth-order valence-electron chi connectivity index (χ4n) is 4.16. The monoisotopic (exact) mass is 420 g/mol. The van der Waals surface area contributed by atoms with Crippen LogP contribution in [0.4, 0.5) is 5.00 Å². The predicted molar refractivity (Wildman–Crippen MR) is 113 cm³/mol. The SMILES string of the molecule is COc1cc(Cl)cc([C@H]2NC(=O)c3c(sc4c3CC[C@H](C(C)(C)C)C4)N2)c1O. The van der Waals surface area contributed by atoms with E-state index in [2.05, 4.69) is 31.4 Å². The number of ether oxygens (including phenoxy) is 1. The Bertz CT molecular complexity index is 948. The van der Waals surface area contributed by atoms with Crippen LogP contribution in [-0.4, -0.2) is 18.1 Å². The van der Waals surface area contributed by atoms with Gasteiger partial charge in [0.2, 0.25) is 0 Å². The van der Waals surface area contributed by atoms with E-state index in [-0.39, 0.29) is 22.8 Å². The first kappa shape index (κ1) is 19.4. The topological polar surface area (TPSA) is 70.6 Å². The standard InChI is InChI=1S/C21H25ClN2O3S/c1-21(2,3)10-5-6-12-15(7-10)28-20-16(12)19(26)23-18(24-20)13-8-11(22)9-14(27-4)17(13)25/h8-10,18,24-25H,5-7H2,1-4H3,(H,23,26)/t10-,18-/m0/s1. The molecule has 0 unspecified atom stereocenters. The number of benzene rings is 1. The average Bonchev–Trinajstić information content (AvgIpc) is 3.00. The molecule has 0 fully saturated rings. The summed E-state index contributed by atoms with van der Waals surface area (Å²) in [5.41, 5.74) is 2.68. The van der Waals surface area contributed by atoms with Gasteiger partial charge in [-0.05, 0) is 42.2 Å². The molecule has 7 heteroatoms. The van der Waals surface area contributed by atoms with E-state index in [4.69, 9.17) is 16.3 Å². The number of amides is 1. The second-order valence-corrected chi connectivity index (χ2v) is 10.2. The Balaban J connectivity index is 1.69. The summed E-state index contributed by atoms with van der Waals surface area (Å²) < 4.78 is 5.19. The Kier molecular flexibility index (Phi) is 4.74. The third-order valence-electron chi connectivity index (χ3n) is 5.87. The minimum Gasteiger partial charge on any atom is -0.504 e. The first-order valence-corrected chi connectivity index (χ1v) is 10.7. The van der Waals surface area contributed by atoms with Crippen LogP contribution in [0.15, 0.2) is 12.1 Å². The van der Waals surface area contributed by atoms with E-state index < -0.39 is 6.17 Å². The van der Waals surface area contributed by atoms with Crippen molar-refractivity contribution in [3.8, 4) is 11.5 Å². The lowest BCUT2D eigenvalue weighted by Gasteiger charge is -2.34. The van der Waals surface area contributed by atoms with Gasteiger partial charge < -0.3 is 20.5 Å². The summed E-state index contributed by atoms with van der Waals surface area (Å²) in [6, 6.07) is 3.19. The summed E-state index contributed by atoms with van der Waals surface area (Å²) in [5.74, 6) is 0.758. The first-order valence-electron chi connectivity index (χ1n) is 9.47. The Labute approximate surface area is 174 Å². The average molecular weight is 421 g/mol. The van der Waals surface area contributed by atoms with E-state index in [1.165, 1.54) is 17.6 Å². The van der Waals surface area contributed by atoms with Crippen molar-refractivity contribution in [2.75, 3.05) is 12.4 Å². The number of hydrogen-bond donors (Lipinski definition) is 3. The molecule has 5 nitrogen and oxygen atoms in total. The van der Waals surface area contributed by atoms with E-state index in [1.54, 1.807) is 23.5 Å². The van der Waals surface area contributed by atoms with Crippen LogP contribution in [0.5, 0.6) is 11.5 Å². The minimum atomic E-state index is -0.564. The number of aromatic hydroxyl groups is 1. The van der Waals surface area contributed by atoms with Gasteiger partial charge in [-0.1, -0.05) is 32.4 Å². The van der Waals surface area contributed by atoms with E-state index in [0.29, 0.717) is 16.5 Å². The summed E-state index contributed by atoms with van der Waals surface area (Å²) in [6.07, 6.45) is 2.47. The van der Waals surface area contributed by atoms with Crippen LogP contribution in [-0.2, 0) is 12.8 Å². The maximum atomic E-state index is 12.9. The lowest BCUT2D eigenvalue weighted by molar-refractivity contribution is 0.0934. The van der Waals surface area contributed by atoms with Gasteiger partial charge in [0.05, 0.1) is 12.7 Å². The molecule has 1 aromatic carbocycles. The molecule has 3 N–H and O–H groups in total. The zero-order chi connectivity index (χ0) is 20.2. The zero-order valence-electron chi connectivity index (χ0n) is 16.5. The van der Waals surface area contributed by atoms with Crippen molar-refractivity contribution in [2.45, 2.75) is 46.2 Å². The van der Waals surface area contributed by atoms with Crippen LogP contribution in [0, 0.1) is 11.3 Å². The van der Waals surface area contributed by atoms with Crippen LogP contribution < -0.4 is 15.4 Å². The number of carbonyl (C=O) groups is 1. The molecule has 0 spiro atoms. The number of phenols is 1. The molecule has 1 aromatic heterocycles. The highest BCUT2D eigenvalue weighted by molar-refractivity contribution is 7.16. The molecule has 28 heavy (non-hydrogen) atoms. The number of hydrogen-bond acceptors (Lipinski definition) is 5. The second kappa shape index (κ2) is 6.85. The molecule has 0 saturated heterocycles. The van der Waals surface area contributed by atoms with Crippen molar-refractivity contribution in [1.82, 2.24) is 5.32 Å². The lowest BCUT2D eigenvalue weighted by atomic mass is 9.72. The number of phenolic OH excluding ortho intramolecular Hbond substituents is 1. The third-order valence-corrected chi connectivity index (χ3v) is 7.27. The maximum Gasteiger partial charge on any atom is 0.256 e. The molecule has 4 rings (SSSR count). The molecule has 0 saturated carbocycles. The molecule has 150 valence electrons. The Morgan fingerprint density at radius 2 is 2.04 bits per heavy atom. The van der Waals surface area contributed by atoms with Gasteiger partial charge in [-0.3, -0.25) is 4.79 Å². The Morgan fingerprint density at radius 1 is 1.29 bits per heavy atom. The summed E-state index contributed by atoms with van der Waals surface area (Å²) in [4.78, 5) is 14.2. The summed E-state index contributed by atoms with van der Waals surface area (Å²) in [5, 5.41) is 18.2. The van der Waals surface area contributed by atoms with Crippen LogP contribution in [0.2, 0.25) is 5.02 Å².